The largest absolute Gasteiger partial charge is 0.339 e. The molecule has 1 heterocycles. The number of piperidine rings is 1. The average molecular weight is 610 g/mol. The lowest BCUT2D eigenvalue weighted by Gasteiger charge is -2.39. The molecule has 1 saturated heterocycles. The van der Waals surface area contributed by atoms with Crippen LogP contribution in [0.25, 0.3) is 0 Å². The third kappa shape index (κ3) is 7.97. The van der Waals surface area contributed by atoms with Crippen molar-refractivity contribution in [2.75, 3.05) is 33.2 Å². The number of urea groups is 1. The molecular weight excluding hydrogens is 566 g/mol. The topological polar surface area (TPSA) is 99.0 Å². The Morgan fingerprint density at radius 3 is 2.33 bits per heavy atom. The predicted octanol–water partition coefficient (Wildman–Crippen LogP) is 6.09. The monoisotopic (exact) mass is 609 g/mol. The number of rotatable bonds is 11. The van der Waals surface area contributed by atoms with E-state index in [0.717, 1.165) is 50.9 Å². The lowest BCUT2D eigenvalue weighted by atomic mass is 9.88. The van der Waals surface area contributed by atoms with Crippen LogP contribution in [0.3, 0.4) is 0 Å². The summed E-state index contributed by atoms with van der Waals surface area (Å²) in [6.45, 7) is 7.25. The Hall–Kier alpha value is -4.50. The van der Waals surface area contributed by atoms with Crippen molar-refractivity contribution in [1.82, 2.24) is 20.0 Å². The molecule has 2 aliphatic rings. The normalized spacial score (nSPS) is 20.3. The Balaban J connectivity index is 1.19. The summed E-state index contributed by atoms with van der Waals surface area (Å²) in [5.74, 6) is 0.860. The van der Waals surface area contributed by atoms with Crippen molar-refractivity contribution in [1.29, 1.82) is 0 Å². The predicted molar refractivity (Wildman–Crippen MR) is 176 cm³/mol. The van der Waals surface area contributed by atoms with Crippen molar-refractivity contribution >= 4 is 17.6 Å². The molecule has 3 amide bonds. The van der Waals surface area contributed by atoms with E-state index < -0.39 is 4.92 Å². The molecule has 45 heavy (non-hydrogen) atoms. The summed E-state index contributed by atoms with van der Waals surface area (Å²) in [5, 5.41) is 14.1. The van der Waals surface area contributed by atoms with Crippen LogP contribution in [0.5, 0.6) is 0 Å². The molecule has 1 aliphatic carbocycles. The van der Waals surface area contributed by atoms with Crippen molar-refractivity contribution in [2.45, 2.75) is 50.2 Å². The summed E-state index contributed by atoms with van der Waals surface area (Å²) < 4.78 is 0. The quantitative estimate of drug-likeness (QED) is 0.161. The second kappa shape index (κ2) is 15.0. The van der Waals surface area contributed by atoms with Gasteiger partial charge in [-0.15, -0.1) is 6.58 Å². The van der Waals surface area contributed by atoms with Crippen molar-refractivity contribution in [3.8, 4) is 0 Å². The van der Waals surface area contributed by atoms with Crippen molar-refractivity contribution in [3.05, 3.63) is 124 Å². The van der Waals surface area contributed by atoms with Gasteiger partial charge in [-0.25, -0.2) is 4.79 Å². The van der Waals surface area contributed by atoms with Crippen molar-refractivity contribution in [3.63, 3.8) is 0 Å². The number of amides is 3. The van der Waals surface area contributed by atoms with Gasteiger partial charge in [-0.05, 0) is 60.8 Å². The molecule has 2 fully saturated rings. The number of carbonyl (C=O) groups excluding carboxylic acids is 2. The highest BCUT2D eigenvalue weighted by Gasteiger charge is 2.40. The van der Waals surface area contributed by atoms with E-state index in [4.69, 9.17) is 0 Å². The summed E-state index contributed by atoms with van der Waals surface area (Å²) >= 11 is 0. The third-order valence-electron chi connectivity index (χ3n) is 9.43. The van der Waals surface area contributed by atoms with E-state index in [1.54, 1.807) is 18.2 Å². The standard InChI is InChI=1S/C36H43N5O4/c1-3-19-40(36(43)37-25-27-11-10-16-32(22-27)41(44)45)31-17-20-39(21-18-31)26-30-23-33(24-34(30)28-12-6-4-7-13-28)38(2)35(42)29-14-8-5-9-15-29/h3-16,22,30-31,33-34H,1,17-21,23-26H2,2H3,(H,37,43). The van der Waals surface area contributed by atoms with Crippen LogP contribution in [0, 0.1) is 16.0 Å². The molecule has 1 N–H and O–H groups in total. The molecular formula is C36H43N5O4. The van der Waals surface area contributed by atoms with Crippen LogP contribution in [0.1, 0.15) is 53.1 Å². The number of hydrogen-bond donors (Lipinski definition) is 1. The summed E-state index contributed by atoms with van der Waals surface area (Å²) in [7, 11) is 1.94. The summed E-state index contributed by atoms with van der Waals surface area (Å²) in [4.78, 5) is 43.5. The van der Waals surface area contributed by atoms with Gasteiger partial charge in [0, 0.05) is 69.6 Å². The van der Waals surface area contributed by atoms with Gasteiger partial charge in [0.1, 0.15) is 0 Å². The number of benzene rings is 3. The van der Waals surface area contributed by atoms with Crippen LogP contribution in [-0.2, 0) is 6.54 Å². The molecule has 0 spiro atoms. The molecule has 0 bridgehead atoms. The number of nitro groups is 1. The highest BCUT2D eigenvalue weighted by atomic mass is 16.6. The van der Waals surface area contributed by atoms with E-state index in [-0.39, 0.29) is 36.3 Å². The molecule has 3 atom stereocenters. The van der Waals surface area contributed by atoms with Gasteiger partial charge in [-0.1, -0.05) is 66.7 Å². The Labute approximate surface area is 265 Å². The second-order valence-corrected chi connectivity index (χ2v) is 12.2. The summed E-state index contributed by atoms with van der Waals surface area (Å²) in [5.41, 5.74) is 2.75. The van der Waals surface area contributed by atoms with E-state index in [9.17, 15) is 19.7 Å². The maximum Gasteiger partial charge on any atom is 0.318 e. The van der Waals surface area contributed by atoms with Gasteiger partial charge in [-0.2, -0.15) is 0 Å². The molecule has 0 radical (unpaired) electrons. The Kier molecular flexibility index (Phi) is 10.6. The number of likely N-dealkylation sites (tertiary alicyclic amines) is 1. The first-order valence-electron chi connectivity index (χ1n) is 15.8. The lowest BCUT2D eigenvalue weighted by Crippen LogP contribution is -2.51. The van der Waals surface area contributed by atoms with Gasteiger partial charge in [0.15, 0.2) is 0 Å². The number of carbonyl (C=O) groups is 2. The van der Waals surface area contributed by atoms with Crippen LogP contribution in [0.15, 0.2) is 97.6 Å². The first-order chi connectivity index (χ1) is 21.8. The zero-order valence-corrected chi connectivity index (χ0v) is 26.0. The van der Waals surface area contributed by atoms with Gasteiger partial charge < -0.3 is 20.0 Å². The Bertz CT molecular complexity index is 1460. The van der Waals surface area contributed by atoms with E-state index in [0.29, 0.717) is 23.9 Å². The van der Waals surface area contributed by atoms with Gasteiger partial charge in [-0.3, -0.25) is 14.9 Å². The van der Waals surface area contributed by atoms with E-state index in [2.05, 4.69) is 47.1 Å². The fourth-order valence-electron chi connectivity index (χ4n) is 7.01. The summed E-state index contributed by atoms with van der Waals surface area (Å²) in [6, 6.07) is 26.6. The fraction of sp³-hybridized carbons (Fsp3) is 0.389. The minimum absolute atomic E-state index is 0.00888. The molecule has 1 aliphatic heterocycles. The average Bonchev–Trinajstić information content (AvgIpc) is 3.50. The minimum Gasteiger partial charge on any atom is -0.339 e. The molecule has 3 aromatic rings. The van der Waals surface area contributed by atoms with Crippen LogP contribution >= 0.6 is 0 Å². The van der Waals surface area contributed by atoms with Gasteiger partial charge in [0.2, 0.25) is 0 Å². The first kappa shape index (κ1) is 31.9. The molecule has 1 saturated carbocycles. The number of non-ortho nitro benzene ring substituents is 1. The number of nitrogens with one attached hydrogen (secondary N) is 1. The molecule has 3 aromatic carbocycles. The number of hydrogen-bond acceptors (Lipinski definition) is 5. The SMILES string of the molecule is C=CCN(C(=O)NCc1cccc([N+](=O)[O-])c1)C1CCN(CC2CC(N(C)C(=O)c3ccccc3)CC2c2ccccc2)CC1. The van der Waals surface area contributed by atoms with E-state index in [1.165, 1.54) is 17.7 Å². The van der Waals surface area contributed by atoms with Gasteiger partial charge >= 0.3 is 6.03 Å². The molecule has 9 heteroatoms. The first-order valence-corrected chi connectivity index (χ1v) is 15.8. The van der Waals surface area contributed by atoms with Crippen LogP contribution in [-0.4, -0.2) is 76.9 Å². The van der Waals surface area contributed by atoms with E-state index in [1.807, 2.05) is 47.2 Å². The van der Waals surface area contributed by atoms with Crippen LogP contribution in [0.4, 0.5) is 10.5 Å². The van der Waals surface area contributed by atoms with E-state index >= 15 is 0 Å². The second-order valence-electron chi connectivity index (χ2n) is 12.2. The van der Waals surface area contributed by atoms with Crippen LogP contribution in [0.2, 0.25) is 0 Å². The third-order valence-corrected chi connectivity index (χ3v) is 9.43. The van der Waals surface area contributed by atoms with Crippen molar-refractivity contribution < 1.29 is 14.5 Å². The zero-order valence-electron chi connectivity index (χ0n) is 26.0. The van der Waals surface area contributed by atoms with Gasteiger partial charge in [0.25, 0.3) is 11.6 Å². The highest BCUT2D eigenvalue weighted by Crippen LogP contribution is 2.42. The maximum absolute atomic E-state index is 13.3. The summed E-state index contributed by atoms with van der Waals surface area (Å²) in [6.07, 6.45) is 5.36. The molecule has 9 nitrogen and oxygen atoms in total. The molecule has 5 rings (SSSR count). The molecule has 3 unspecified atom stereocenters. The van der Waals surface area contributed by atoms with Gasteiger partial charge in [0.05, 0.1) is 4.92 Å². The van der Waals surface area contributed by atoms with Crippen LogP contribution < -0.4 is 5.32 Å². The maximum atomic E-state index is 13.3. The highest BCUT2D eigenvalue weighted by molar-refractivity contribution is 5.94. The van der Waals surface area contributed by atoms with Crippen molar-refractivity contribution in [2.24, 2.45) is 5.92 Å². The Morgan fingerprint density at radius 2 is 1.67 bits per heavy atom. The zero-order chi connectivity index (χ0) is 31.8. The smallest absolute Gasteiger partial charge is 0.318 e. The minimum atomic E-state index is -0.431. The number of nitro benzene ring substituents is 1. The molecule has 0 aromatic heterocycles. The fourth-order valence-corrected chi connectivity index (χ4v) is 7.01. The molecule has 236 valence electrons. The Morgan fingerprint density at radius 1 is 0.978 bits per heavy atom. The lowest BCUT2D eigenvalue weighted by molar-refractivity contribution is -0.384. The number of nitrogens with zero attached hydrogens (tertiary/aromatic N) is 4.